The highest BCUT2D eigenvalue weighted by Gasteiger charge is 2.35. The lowest BCUT2D eigenvalue weighted by Crippen LogP contribution is -2.28. The fourth-order valence-corrected chi connectivity index (χ4v) is 4.04. The molecule has 20 heavy (non-hydrogen) atoms. The first-order chi connectivity index (χ1) is 9.49. The van der Waals surface area contributed by atoms with Crippen molar-refractivity contribution in [3.05, 3.63) is 32.2 Å². The van der Waals surface area contributed by atoms with Crippen LogP contribution in [-0.2, 0) is 0 Å². The molecule has 0 saturated heterocycles. The molecular formula is C11H10Br3N5O. The number of hydrogen-bond acceptors (Lipinski definition) is 3. The molecule has 0 radical (unpaired) electrons. The van der Waals surface area contributed by atoms with E-state index in [0.29, 0.717) is 18.2 Å². The summed E-state index contributed by atoms with van der Waals surface area (Å²) in [6.07, 6.45) is 1.70. The molecular weight excluding hydrogens is 458 g/mol. The molecule has 0 saturated carbocycles. The van der Waals surface area contributed by atoms with Crippen LogP contribution < -0.4 is 11.1 Å². The maximum absolute atomic E-state index is 12.1. The number of amides is 1. The molecule has 1 amide bonds. The Labute approximate surface area is 139 Å². The highest BCUT2D eigenvalue weighted by Crippen LogP contribution is 2.42. The largest absolute Gasteiger partial charge is 0.369 e. The zero-order valence-electron chi connectivity index (χ0n) is 10.0. The second kappa shape index (κ2) is 5.19. The number of imidazole rings is 1. The molecule has 106 valence electrons. The predicted molar refractivity (Wildman–Crippen MR) is 86.1 cm³/mol. The van der Waals surface area contributed by atoms with Crippen molar-refractivity contribution in [3.8, 4) is 0 Å². The van der Waals surface area contributed by atoms with Crippen LogP contribution in [0, 0.1) is 0 Å². The standard InChI is InChI=1S/C11H10Br3N5O/c12-3-1-16-10(20)8-6(7(13)9(14)19-8)5(3)4-2-17-11(15)18-4/h2-3,5,19H,1H2,(H,16,20)(H3,15,17,18)/t3-,5-/m1/s1. The number of nitrogens with one attached hydrogen (secondary N) is 3. The summed E-state index contributed by atoms with van der Waals surface area (Å²) in [4.78, 5) is 22.3. The average molecular weight is 468 g/mol. The molecule has 1 aliphatic rings. The maximum atomic E-state index is 12.1. The molecule has 0 aliphatic carbocycles. The van der Waals surface area contributed by atoms with Crippen LogP contribution in [0.1, 0.15) is 27.7 Å². The summed E-state index contributed by atoms with van der Waals surface area (Å²) >= 11 is 10.6. The van der Waals surface area contributed by atoms with E-state index in [2.05, 4.69) is 68.1 Å². The maximum Gasteiger partial charge on any atom is 0.268 e. The van der Waals surface area contributed by atoms with Crippen molar-refractivity contribution < 1.29 is 4.79 Å². The molecule has 0 aromatic carbocycles. The molecule has 0 fully saturated rings. The molecule has 3 heterocycles. The van der Waals surface area contributed by atoms with Crippen LogP contribution in [0.2, 0.25) is 0 Å². The van der Waals surface area contributed by atoms with Crippen LogP contribution in [-0.4, -0.2) is 32.2 Å². The van der Waals surface area contributed by atoms with E-state index in [4.69, 9.17) is 5.73 Å². The smallest absolute Gasteiger partial charge is 0.268 e. The number of hydrogen-bond donors (Lipinski definition) is 4. The normalized spacial score (nSPS) is 22.2. The van der Waals surface area contributed by atoms with Crippen molar-refractivity contribution in [2.75, 3.05) is 12.3 Å². The van der Waals surface area contributed by atoms with Gasteiger partial charge in [0, 0.05) is 28.5 Å². The van der Waals surface area contributed by atoms with Gasteiger partial charge < -0.3 is 21.0 Å². The third-order valence-corrected chi connectivity index (χ3v) is 6.04. The van der Waals surface area contributed by atoms with E-state index in [1.165, 1.54) is 0 Å². The molecule has 2 atom stereocenters. The molecule has 2 aromatic heterocycles. The Bertz CT molecular complexity index is 680. The average Bonchev–Trinajstić information content (AvgIpc) is 2.91. The van der Waals surface area contributed by atoms with E-state index >= 15 is 0 Å². The number of alkyl halides is 1. The van der Waals surface area contributed by atoms with Gasteiger partial charge in [0.1, 0.15) is 5.69 Å². The Morgan fingerprint density at radius 3 is 2.75 bits per heavy atom. The fraction of sp³-hybridized carbons (Fsp3) is 0.273. The van der Waals surface area contributed by atoms with E-state index < -0.39 is 0 Å². The van der Waals surface area contributed by atoms with E-state index in [9.17, 15) is 4.79 Å². The molecule has 1 aliphatic heterocycles. The van der Waals surface area contributed by atoms with Crippen molar-refractivity contribution in [2.24, 2.45) is 0 Å². The summed E-state index contributed by atoms with van der Waals surface area (Å²) in [5.74, 6) is 0.145. The number of aromatic amines is 2. The van der Waals surface area contributed by atoms with Gasteiger partial charge in [0.15, 0.2) is 5.95 Å². The summed E-state index contributed by atoms with van der Waals surface area (Å²) in [5.41, 5.74) is 7.93. The lowest BCUT2D eigenvalue weighted by molar-refractivity contribution is 0.0952. The minimum atomic E-state index is -0.133. The van der Waals surface area contributed by atoms with E-state index in [-0.39, 0.29) is 16.7 Å². The fourth-order valence-electron chi connectivity index (χ4n) is 2.37. The van der Waals surface area contributed by atoms with Gasteiger partial charge in [0.05, 0.1) is 15.3 Å². The number of aromatic nitrogens is 3. The number of nitrogens with zero attached hydrogens (tertiary/aromatic N) is 1. The number of nitrogen functional groups attached to an aromatic ring is 1. The van der Waals surface area contributed by atoms with Gasteiger partial charge in [-0.05, 0) is 31.9 Å². The van der Waals surface area contributed by atoms with Crippen molar-refractivity contribution in [3.63, 3.8) is 0 Å². The summed E-state index contributed by atoms with van der Waals surface area (Å²) in [5, 5.41) is 2.87. The van der Waals surface area contributed by atoms with Gasteiger partial charge in [0.25, 0.3) is 5.91 Å². The van der Waals surface area contributed by atoms with Crippen LogP contribution in [0.25, 0.3) is 0 Å². The predicted octanol–water partition coefficient (Wildman–Crippen LogP) is 2.48. The Hall–Kier alpha value is -0.800. The first-order valence-electron chi connectivity index (χ1n) is 5.78. The number of anilines is 1. The van der Waals surface area contributed by atoms with E-state index in [1.54, 1.807) is 6.20 Å². The third kappa shape index (κ3) is 2.21. The molecule has 3 rings (SSSR count). The first kappa shape index (κ1) is 14.2. The van der Waals surface area contributed by atoms with Crippen LogP contribution >= 0.6 is 47.8 Å². The van der Waals surface area contributed by atoms with Crippen molar-refractivity contribution in [2.45, 2.75) is 10.7 Å². The zero-order chi connectivity index (χ0) is 14.4. The first-order valence-corrected chi connectivity index (χ1v) is 8.28. The summed E-state index contributed by atoms with van der Waals surface area (Å²) in [7, 11) is 0. The minimum absolute atomic E-state index is 0.0200. The van der Waals surface area contributed by atoms with Gasteiger partial charge in [-0.15, -0.1) is 0 Å². The van der Waals surface area contributed by atoms with Gasteiger partial charge in [-0.25, -0.2) is 4.98 Å². The van der Waals surface area contributed by atoms with Crippen LogP contribution in [0.3, 0.4) is 0 Å². The Morgan fingerprint density at radius 1 is 1.35 bits per heavy atom. The van der Waals surface area contributed by atoms with Crippen LogP contribution in [0.15, 0.2) is 15.3 Å². The number of nitrogens with two attached hydrogens (primary N) is 1. The molecule has 6 nitrogen and oxygen atoms in total. The number of rotatable bonds is 1. The van der Waals surface area contributed by atoms with E-state index in [1.807, 2.05) is 0 Å². The monoisotopic (exact) mass is 465 g/mol. The molecule has 0 spiro atoms. The second-order valence-corrected chi connectivity index (χ2v) is 7.23. The SMILES string of the molecule is Nc1ncc([C@@H]2c3c([nH]c(Br)c3Br)C(=O)NC[C@H]2Br)[nH]1. The highest BCUT2D eigenvalue weighted by molar-refractivity contribution is 9.13. The van der Waals surface area contributed by atoms with Crippen molar-refractivity contribution >= 4 is 59.6 Å². The Balaban J connectivity index is 2.21. The number of halogens is 3. The lowest BCUT2D eigenvalue weighted by atomic mass is 9.94. The molecule has 2 aromatic rings. The number of carbonyl (C=O) groups excluding carboxylic acids is 1. The number of fused-ring (bicyclic) bond motifs is 1. The van der Waals surface area contributed by atoms with Crippen molar-refractivity contribution in [1.29, 1.82) is 0 Å². The lowest BCUT2D eigenvalue weighted by Gasteiger charge is -2.19. The van der Waals surface area contributed by atoms with Gasteiger partial charge in [-0.2, -0.15) is 0 Å². The van der Waals surface area contributed by atoms with Gasteiger partial charge in [0.2, 0.25) is 0 Å². The van der Waals surface area contributed by atoms with E-state index in [0.717, 1.165) is 20.3 Å². The number of carbonyl (C=O) groups is 1. The Morgan fingerprint density at radius 2 is 2.10 bits per heavy atom. The number of H-pyrrole nitrogens is 2. The zero-order valence-corrected chi connectivity index (χ0v) is 14.8. The second-order valence-electron chi connectivity index (χ2n) is 4.47. The van der Waals surface area contributed by atoms with Crippen LogP contribution in [0.5, 0.6) is 0 Å². The Kier molecular flexibility index (Phi) is 3.67. The molecule has 0 bridgehead atoms. The van der Waals surface area contributed by atoms with Gasteiger partial charge >= 0.3 is 0 Å². The minimum Gasteiger partial charge on any atom is -0.369 e. The topological polar surface area (TPSA) is 99.6 Å². The highest BCUT2D eigenvalue weighted by atomic mass is 79.9. The quantitative estimate of drug-likeness (QED) is 0.485. The van der Waals surface area contributed by atoms with Gasteiger partial charge in [-0.1, -0.05) is 15.9 Å². The van der Waals surface area contributed by atoms with Gasteiger partial charge in [-0.3, -0.25) is 4.79 Å². The summed E-state index contributed by atoms with van der Waals surface area (Å²) in [6.45, 7) is 0.509. The molecule has 9 heteroatoms. The summed E-state index contributed by atoms with van der Waals surface area (Å²) < 4.78 is 1.56. The van der Waals surface area contributed by atoms with Crippen molar-refractivity contribution in [1.82, 2.24) is 20.3 Å². The van der Waals surface area contributed by atoms with Crippen LogP contribution in [0.4, 0.5) is 5.95 Å². The molecule has 0 unspecified atom stereocenters. The summed E-state index contributed by atoms with van der Waals surface area (Å²) in [6, 6.07) is 0. The molecule has 5 N–H and O–H groups in total. The third-order valence-electron chi connectivity index (χ3n) is 3.24.